The zero-order valence-corrected chi connectivity index (χ0v) is 18.2. The highest BCUT2D eigenvalue weighted by atomic mass is 35.5. The quantitative estimate of drug-likeness (QED) is 0.719. The molecule has 2 aromatic carbocycles. The topological polar surface area (TPSA) is 61.9 Å². The third-order valence-corrected chi connectivity index (χ3v) is 5.34. The van der Waals surface area contributed by atoms with Crippen molar-refractivity contribution in [2.75, 3.05) is 43.0 Å². The van der Waals surface area contributed by atoms with Crippen LogP contribution in [0.2, 0.25) is 5.02 Å². The molecule has 1 saturated heterocycles. The van der Waals surface area contributed by atoms with Crippen LogP contribution in [0.5, 0.6) is 5.75 Å². The van der Waals surface area contributed by atoms with Gasteiger partial charge in [0.25, 0.3) is 5.91 Å². The molecule has 0 saturated carbocycles. The van der Waals surface area contributed by atoms with Crippen molar-refractivity contribution >= 4 is 34.8 Å². The molecule has 2 aromatic rings. The van der Waals surface area contributed by atoms with Crippen molar-refractivity contribution in [2.24, 2.45) is 0 Å². The van der Waals surface area contributed by atoms with Crippen LogP contribution in [0.1, 0.15) is 25.3 Å². The Morgan fingerprint density at radius 3 is 2.40 bits per heavy atom. The Morgan fingerprint density at radius 2 is 1.77 bits per heavy atom. The molecule has 0 aromatic heterocycles. The molecule has 1 heterocycles. The first-order chi connectivity index (χ1) is 14.5. The minimum atomic E-state index is -0.222. The summed E-state index contributed by atoms with van der Waals surface area (Å²) in [5, 5.41) is 3.49. The predicted molar refractivity (Wildman–Crippen MR) is 120 cm³/mol. The second-order valence-corrected chi connectivity index (χ2v) is 7.85. The molecular weight excluding hydrogens is 402 g/mol. The van der Waals surface area contributed by atoms with Crippen molar-refractivity contribution < 1.29 is 14.3 Å². The lowest BCUT2D eigenvalue weighted by molar-refractivity contribution is -0.131. The molecule has 7 heteroatoms. The summed E-state index contributed by atoms with van der Waals surface area (Å²) in [6.45, 7) is 6.97. The fraction of sp³-hybridized carbons (Fsp3) is 0.391. The molecule has 0 spiro atoms. The zero-order valence-electron chi connectivity index (χ0n) is 17.5. The fourth-order valence-electron chi connectivity index (χ4n) is 3.46. The van der Waals surface area contributed by atoms with Gasteiger partial charge >= 0.3 is 0 Å². The van der Waals surface area contributed by atoms with E-state index in [1.807, 2.05) is 43.0 Å². The summed E-state index contributed by atoms with van der Waals surface area (Å²) in [6.07, 6.45) is 1.51. The summed E-state index contributed by atoms with van der Waals surface area (Å²) in [5.41, 5.74) is 2.69. The number of nitrogens with one attached hydrogen (secondary N) is 1. The lowest BCUT2D eigenvalue weighted by Crippen LogP contribution is -2.48. The van der Waals surface area contributed by atoms with Gasteiger partial charge in [0.1, 0.15) is 5.75 Å². The molecule has 0 aliphatic carbocycles. The lowest BCUT2D eigenvalue weighted by Gasteiger charge is -2.36. The number of aryl methyl sites for hydroxylation is 1. The number of benzene rings is 2. The molecule has 3 rings (SSSR count). The van der Waals surface area contributed by atoms with Gasteiger partial charge in [-0.3, -0.25) is 9.59 Å². The highest BCUT2D eigenvalue weighted by Crippen LogP contribution is 2.22. The molecule has 2 amide bonds. The highest BCUT2D eigenvalue weighted by Gasteiger charge is 2.20. The SMILES string of the molecule is CCCC(=O)N1CCN(c2ccc(NC(=O)COc3ccc(Cl)cc3C)cc2)CC1. The second-order valence-electron chi connectivity index (χ2n) is 7.41. The Kier molecular flexibility index (Phi) is 7.57. The van der Waals surface area contributed by atoms with E-state index < -0.39 is 0 Å². The smallest absolute Gasteiger partial charge is 0.262 e. The van der Waals surface area contributed by atoms with Crippen LogP contribution < -0.4 is 15.0 Å². The fourth-order valence-corrected chi connectivity index (χ4v) is 3.68. The molecule has 30 heavy (non-hydrogen) atoms. The van der Waals surface area contributed by atoms with Gasteiger partial charge < -0.3 is 19.9 Å². The maximum atomic E-state index is 12.2. The van der Waals surface area contributed by atoms with Crippen LogP contribution in [0.25, 0.3) is 0 Å². The minimum absolute atomic E-state index is 0.0715. The normalized spacial score (nSPS) is 13.8. The number of halogens is 1. The molecule has 1 fully saturated rings. The van der Waals surface area contributed by atoms with E-state index in [9.17, 15) is 9.59 Å². The molecule has 0 unspecified atom stereocenters. The van der Waals surface area contributed by atoms with Crippen molar-refractivity contribution in [1.29, 1.82) is 0 Å². The van der Waals surface area contributed by atoms with Gasteiger partial charge in [0.15, 0.2) is 6.61 Å². The maximum Gasteiger partial charge on any atom is 0.262 e. The number of piperazine rings is 1. The third kappa shape index (κ3) is 5.89. The summed E-state index contributed by atoms with van der Waals surface area (Å²) in [7, 11) is 0. The van der Waals surface area contributed by atoms with E-state index in [1.54, 1.807) is 18.2 Å². The van der Waals surface area contributed by atoms with Crippen molar-refractivity contribution in [2.45, 2.75) is 26.7 Å². The average molecular weight is 430 g/mol. The number of carbonyl (C=O) groups is 2. The Morgan fingerprint density at radius 1 is 1.07 bits per heavy atom. The van der Waals surface area contributed by atoms with Crippen molar-refractivity contribution in [1.82, 2.24) is 4.90 Å². The Hall–Kier alpha value is -2.73. The number of hydrogen-bond donors (Lipinski definition) is 1. The number of carbonyl (C=O) groups excluding carboxylic acids is 2. The predicted octanol–water partition coefficient (Wildman–Crippen LogP) is 4.11. The zero-order chi connectivity index (χ0) is 21.5. The van der Waals surface area contributed by atoms with Gasteiger partial charge in [-0.25, -0.2) is 0 Å². The molecule has 160 valence electrons. The number of anilines is 2. The van der Waals surface area contributed by atoms with E-state index in [2.05, 4.69) is 10.2 Å². The highest BCUT2D eigenvalue weighted by molar-refractivity contribution is 6.30. The van der Waals surface area contributed by atoms with Crippen LogP contribution in [0.15, 0.2) is 42.5 Å². The Balaban J connectivity index is 1.47. The maximum absolute atomic E-state index is 12.2. The number of rotatable bonds is 7. The number of ether oxygens (including phenoxy) is 1. The van der Waals surface area contributed by atoms with Crippen molar-refractivity contribution in [3.63, 3.8) is 0 Å². The van der Waals surface area contributed by atoms with Crippen LogP contribution >= 0.6 is 11.6 Å². The van der Waals surface area contributed by atoms with Gasteiger partial charge in [-0.05, 0) is 61.4 Å². The molecule has 0 atom stereocenters. The van der Waals surface area contributed by atoms with Gasteiger partial charge in [-0.2, -0.15) is 0 Å². The van der Waals surface area contributed by atoms with Gasteiger partial charge in [-0.15, -0.1) is 0 Å². The average Bonchev–Trinajstić information content (AvgIpc) is 2.74. The number of nitrogens with zero attached hydrogens (tertiary/aromatic N) is 2. The Bertz CT molecular complexity index is 878. The monoisotopic (exact) mass is 429 g/mol. The molecule has 6 nitrogen and oxygen atoms in total. The van der Waals surface area contributed by atoms with E-state index in [-0.39, 0.29) is 18.4 Å². The van der Waals surface area contributed by atoms with E-state index >= 15 is 0 Å². The van der Waals surface area contributed by atoms with Gasteiger partial charge in [0.05, 0.1) is 0 Å². The largest absolute Gasteiger partial charge is 0.483 e. The first-order valence-corrected chi connectivity index (χ1v) is 10.7. The van der Waals surface area contributed by atoms with Crippen LogP contribution in [0.3, 0.4) is 0 Å². The second kappa shape index (κ2) is 10.3. The van der Waals surface area contributed by atoms with Crippen molar-refractivity contribution in [3.8, 4) is 5.75 Å². The van der Waals surface area contributed by atoms with E-state index in [1.165, 1.54) is 0 Å². The lowest BCUT2D eigenvalue weighted by atomic mass is 10.2. The van der Waals surface area contributed by atoms with Crippen LogP contribution in [0, 0.1) is 6.92 Å². The molecule has 1 aliphatic rings. The van der Waals surface area contributed by atoms with E-state index in [4.69, 9.17) is 16.3 Å². The van der Waals surface area contributed by atoms with Crippen molar-refractivity contribution in [3.05, 3.63) is 53.1 Å². The van der Waals surface area contributed by atoms with E-state index in [0.717, 1.165) is 49.5 Å². The molecule has 0 radical (unpaired) electrons. The standard InChI is InChI=1S/C23H28ClN3O3/c1-3-4-23(29)27-13-11-26(12-14-27)20-8-6-19(7-9-20)25-22(28)16-30-21-10-5-18(24)15-17(21)2/h5-10,15H,3-4,11-14,16H2,1-2H3,(H,25,28). The van der Waals surface area contributed by atoms with Crippen LogP contribution in [0.4, 0.5) is 11.4 Å². The summed E-state index contributed by atoms with van der Waals surface area (Å²) in [5.74, 6) is 0.660. The molecule has 0 bridgehead atoms. The summed E-state index contributed by atoms with van der Waals surface area (Å²) >= 11 is 5.93. The molecule has 1 aliphatic heterocycles. The Labute approximate surface area is 182 Å². The van der Waals surface area contributed by atoms with Gasteiger partial charge in [0, 0.05) is 49.0 Å². The first kappa shape index (κ1) is 22.0. The van der Waals surface area contributed by atoms with Gasteiger partial charge in [-0.1, -0.05) is 18.5 Å². The van der Waals surface area contributed by atoms with E-state index in [0.29, 0.717) is 17.2 Å². The molecule has 1 N–H and O–H groups in total. The van der Waals surface area contributed by atoms with Crippen LogP contribution in [-0.4, -0.2) is 49.5 Å². The summed E-state index contributed by atoms with van der Waals surface area (Å²) in [6, 6.07) is 13.0. The van der Waals surface area contributed by atoms with Crippen LogP contribution in [-0.2, 0) is 9.59 Å². The number of amides is 2. The summed E-state index contributed by atoms with van der Waals surface area (Å²) in [4.78, 5) is 28.4. The summed E-state index contributed by atoms with van der Waals surface area (Å²) < 4.78 is 5.58. The minimum Gasteiger partial charge on any atom is -0.483 e. The first-order valence-electron chi connectivity index (χ1n) is 10.3. The third-order valence-electron chi connectivity index (χ3n) is 5.11. The number of hydrogen-bond acceptors (Lipinski definition) is 4. The van der Waals surface area contributed by atoms with Gasteiger partial charge in [0.2, 0.25) is 5.91 Å². The molecular formula is C23H28ClN3O3.